The highest BCUT2D eigenvalue weighted by Gasteiger charge is 2.15. The van der Waals surface area contributed by atoms with Crippen molar-refractivity contribution in [2.75, 3.05) is 0 Å². The molecule has 0 fully saturated rings. The summed E-state index contributed by atoms with van der Waals surface area (Å²) in [5, 5.41) is 4.29. The molecule has 0 saturated heterocycles. The highest BCUT2D eigenvalue weighted by Crippen LogP contribution is 2.22. The second-order valence-electron chi connectivity index (χ2n) is 4.65. The fraction of sp³-hybridized carbons (Fsp3) is 0.357. The van der Waals surface area contributed by atoms with Gasteiger partial charge in [0.2, 0.25) is 0 Å². The van der Waals surface area contributed by atoms with E-state index in [9.17, 15) is 4.39 Å². The molecule has 0 amide bonds. The molecule has 1 aromatic heterocycles. The Morgan fingerprint density at radius 1 is 1.42 bits per heavy atom. The smallest absolute Gasteiger partial charge is 0.126 e. The maximum Gasteiger partial charge on any atom is 0.126 e. The van der Waals surface area contributed by atoms with Crippen LogP contribution < -0.4 is 11.3 Å². The van der Waals surface area contributed by atoms with E-state index in [1.807, 2.05) is 10.9 Å². The number of hydrogen-bond acceptors (Lipinski definition) is 3. The number of nitrogens with zero attached hydrogens (tertiary/aromatic N) is 2. The van der Waals surface area contributed by atoms with Crippen molar-refractivity contribution in [1.82, 2.24) is 15.2 Å². The highest BCUT2D eigenvalue weighted by molar-refractivity contribution is 5.32. The summed E-state index contributed by atoms with van der Waals surface area (Å²) in [5.74, 6) is 5.42. The summed E-state index contributed by atoms with van der Waals surface area (Å²) in [4.78, 5) is 0. The van der Waals surface area contributed by atoms with E-state index in [0.717, 1.165) is 24.1 Å². The van der Waals surface area contributed by atoms with Gasteiger partial charge >= 0.3 is 0 Å². The summed E-state index contributed by atoms with van der Waals surface area (Å²) in [6.45, 7) is 4.72. The van der Waals surface area contributed by atoms with Gasteiger partial charge in [0.15, 0.2) is 0 Å². The van der Waals surface area contributed by atoms with E-state index in [-0.39, 0.29) is 11.9 Å². The molecule has 0 radical (unpaired) electrons. The molecule has 4 nitrogen and oxygen atoms in total. The molecule has 0 aliphatic carbocycles. The van der Waals surface area contributed by atoms with E-state index in [0.29, 0.717) is 5.56 Å². The first kappa shape index (κ1) is 13.7. The van der Waals surface area contributed by atoms with Crippen molar-refractivity contribution in [3.8, 4) is 0 Å². The molecule has 102 valence electrons. The maximum absolute atomic E-state index is 13.3. The fourth-order valence-corrected chi connectivity index (χ4v) is 2.11. The molecule has 1 aromatic carbocycles. The Bertz CT molecular complexity index is 550. The predicted octanol–water partition coefficient (Wildman–Crippen LogP) is 2.29. The lowest BCUT2D eigenvalue weighted by Gasteiger charge is -2.15. The Labute approximate surface area is 112 Å². The van der Waals surface area contributed by atoms with Gasteiger partial charge in [-0.3, -0.25) is 10.5 Å². The lowest BCUT2D eigenvalue weighted by molar-refractivity contribution is 0.595. The van der Waals surface area contributed by atoms with Gasteiger partial charge in [-0.2, -0.15) is 5.10 Å². The lowest BCUT2D eigenvalue weighted by atomic mass is 10.0. The third-order valence-corrected chi connectivity index (χ3v) is 3.12. The van der Waals surface area contributed by atoms with Crippen LogP contribution in [-0.2, 0) is 6.54 Å². The lowest BCUT2D eigenvalue weighted by Crippen LogP contribution is -2.28. The van der Waals surface area contributed by atoms with E-state index in [1.54, 1.807) is 25.3 Å². The van der Waals surface area contributed by atoms with E-state index in [2.05, 4.69) is 17.4 Å². The monoisotopic (exact) mass is 262 g/mol. The van der Waals surface area contributed by atoms with Gasteiger partial charge in [-0.1, -0.05) is 19.1 Å². The number of rotatable bonds is 5. The van der Waals surface area contributed by atoms with Gasteiger partial charge in [-0.05, 0) is 30.5 Å². The molecule has 0 bridgehead atoms. The van der Waals surface area contributed by atoms with Gasteiger partial charge in [0.05, 0.1) is 12.2 Å². The molecule has 1 unspecified atom stereocenters. The Balaban J connectivity index is 2.29. The number of aromatic nitrogens is 2. The van der Waals surface area contributed by atoms with Crippen molar-refractivity contribution in [3.63, 3.8) is 0 Å². The molecule has 3 N–H and O–H groups in total. The van der Waals surface area contributed by atoms with Gasteiger partial charge in [0.1, 0.15) is 5.82 Å². The van der Waals surface area contributed by atoms with Gasteiger partial charge < -0.3 is 0 Å². The molecule has 2 aromatic rings. The van der Waals surface area contributed by atoms with Crippen LogP contribution in [0.5, 0.6) is 0 Å². The number of benzene rings is 1. The van der Waals surface area contributed by atoms with Crippen LogP contribution in [0.4, 0.5) is 4.39 Å². The summed E-state index contributed by atoms with van der Waals surface area (Å²) in [5.41, 5.74) is 5.27. The number of nitrogens with one attached hydrogen (secondary N) is 1. The number of hydrazine groups is 1. The van der Waals surface area contributed by atoms with Crippen LogP contribution in [0.2, 0.25) is 0 Å². The minimum Gasteiger partial charge on any atom is -0.272 e. The first-order valence-corrected chi connectivity index (χ1v) is 6.40. The molecule has 19 heavy (non-hydrogen) atoms. The summed E-state index contributed by atoms with van der Waals surface area (Å²) < 4.78 is 15.2. The molecule has 0 aliphatic rings. The molecule has 5 heteroatoms. The standard InChI is InChI=1S/C14H19FN4/c1-3-6-19-9-12(8-17-19)14(18-16)11-4-5-13(15)10(2)7-11/h4-5,7-9,14,18H,3,6,16H2,1-2H3. The normalized spacial score (nSPS) is 12.6. The SMILES string of the molecule is CCCn1cc(C(NN)c2ccc(F)c(C)c2)cn1. The largest absolute Gasteiger partial charge is 0.272 e. The van der Waals surface area contributed by atoms with Crippen LogP contribution in [0.25, 0.3) is 0 Å². The molecular formula is C14H19FN4. The average molecular weight is 262 g/mol. The minimum absolute atomic E-state index is 0.176. The average Bonchev–Trinajstić information content (AvgIpc) is 2.83. The second kappa shape index (κ2) is 5.95. The van der Waals surface area contributed by atoms with Crippen LogP contribution in [0.15, 0.2) is 30.6 Å². The van der Waals surface area contributed by atoms with Crippen molar-refractivity contribution in [3.05, 3.63) is 53.1 Å². The molecule has 2 rings (SSSR count). The fourth-order valence-electron chi connectivity index (χ4n) is 2.11. The van der Waals surface area contributed by atoms with Crippen LogP contribution in [-0.4, -0.2) is 9.78 Å². The van der Waals surface area contributed by atoms with Crippen LogP contribution in [0, 0.1) is 12.7 Å². The van der Waals surface area contributed by atoms with Gasteiger partial charge in [0, 0.05) is 18.3 Å². The molecule has 0 aliphatic heterocycles. The van der Waals surface area contributed by atoms with Gasteiger partial charge in [-0.25, -0.2) is 9.82 Å². The molecule has 1 heterocycles. The Kier molecular flexibility index (Phi) is 4.29. The van der Waals surface area contributed by atoms with E-state index in [4.69, 9.17) is 5.84 Å². The third kappa shape index (κ3) is 3.00. The van der Waals surface area contributed by atoms with Crippen molar-refractivity contribution in [2.24, 2.45) is 5.84 Å². The Morgan fingerprint density at radius 2 is 2.21 bits per heavy atom. The van der Waals surface area contributed by atoms with Crippen molar-refractivity contribution in [1.29, 1.82) is 0 Å². The van der Waals surface area contributed by atoms with E-state index in [1.165, 1.54) is 6.07 Å². The van der Waals surface area contributed by atoms with Gasteiger partial charge in [0.25, 0.3) is 0 Å². The first-order chi connectivity index (χ1) is 9.15. The first-order valence-electron chi connectivity index (χ1n) is 6.40. The van der Waals surface area contributed by atoms with Crippen molar-refractivity contribution >= 4 is 0 Å². The molecule has 0 spiro atoms. The summed E-state index contributed by atoms with van der Waals surface area (Å²) in [6.07, 6.45) is 4.78. The van der Waals surface area contributed by atoms with Crippen molar-refractivity contribution < 1.29 is 4.39 Å². The minimum atomic E-state index is -0.207. The predicted molar refractivity (Wildman–Crippen MR) is 72.8 cm³/mol. The quantitative estimate of drug-likeness (QED) is 0.642. The topological polar surface area (TPSA) is 55.9 Å². The number of hydrogen-bond donors (Lipinski definition) is 2. The molecule has 1 atom stereocenters. The summed E-state index contributed by atoms with van der Waals surface area (Å²) >= 11 is 0. The number of aryl methyl sites for hydroxylation is 2. The van der Waals surface area contributed by atoms with Crippen LogP contribution in [0.1, 0.15) is 36.1 Å². The molecular weight excluding hydrogens is 243 g/mol. The van der Waals surface area contributed by atoms with E-state index >= 15 is 0 Å². The van der Waals surface area contributed by atoms with Crippen LogP contribution in [0.3, 0.4) is 0 Å². The van der Waals surface area contributed by atoms with Gasteiger partial charge in [-0.15, -0.1) is 0 Å². The Morgan fingerprint density at radius 3 is 2.84 bits per heavy atom. The zero-order valence-electron chi connectivity index (χ0n) is 11.2. The maximum atomic E-state index is 13.3. The number of halogens is 1. The zero-order chi connectivity index (χ0) is 13.8. The summed E-state index contributed by atoms with van der Waals surface area (Å²) in [7, 11) is 0. The third-order valence-electron chi connectivity index (χ3n) is 3.12. The van der Waals surface area contributed by atoms with Crippen molar-refractivity contribution in [2.45, 2.75) is 32.9 Å². The second-order valence-corrected chi connectivity index (χ2v) is 4.65. The molecule has 0 saturated carbocycles. The zero-order valence-corrected chi connectivity index (χ0v) is 11.2. The highest BCUT2D eigenvalue weighted by atomic mass is 19.1. The Hall–Kier alpha value is -1.72. The van der Waals surface area contributed by atoms with E-state index < -0.39 is 0 Å². The summed E-state index contributed by atoms with van der Waals surface area (Å²) in [6, 6.07) is 4.83. The van der Waals surface area contributed by atoms with Crippen LogP contribution >= 0.6 is 0 Å². The number of nitrogens with two attached hydrogens (primary N) is 1.